The Morgan fingerprint density at radius 1 is 1.14 bits per heavy atom. The van der Waals surface area contributed by atoms with Crippen LogP contribution in [-0.2, 0) is 4.79 Å². The molecule has 0 saturated carbocycles. The van der Waals surface area contributed by atoms with Gasteiger partial charge in [0.25, 0.3) is 11.6 Å². The highest BCUT2D eigenvalue weighted by Crippen LogP contribution is 2.16. The number of hydrogen-bond donors (Lipinski definition) is 1. The molecular weight excluding hydrogens is 362 g/mol. The lowest BCUT2D eigenvalue weighted by atomic mass is 10.1. The molecule has 2 amide bonds. The van der Waals surface area contributed by atoms with E-state index in [0.717, 1.165) is 5.69 Å². The van der Waals surface area contributed by atoms with E-state index in [4.69, 9.17) is 0 Å². The van der Waals surface area contributed by atoms with Crippen LogP contribution in [0.1, 0.15) is 17.3 Å². The fraction of sp³-hybridized carbons (Fsp3) is 0.316. The SMILES string of the molecule is C[C@H](NC(=O)c1cccc([N+](=O)[O-])c1)C(=O)N1CCN(c2ccncc2)CC1. The number of carbonyl (C=O) groups excluding carboxylic acids is 2. The molecule has 0 spiro atoms. The Morgan fingerprint density at radius 2 is 1.82 bits per heavy atom. The van der Waals surface area contributed by atoms with Gasteiger partial charge in [0.2, 0.25) is 5.91 Å². The molecule has 3 rings (SSSR count). The molecule has 146 valence electrons. The van der Waals surface area contributed by atoms with E-state index in [-0.39, 0.29) is 17.2 Å². The fourth-order valence-corrected chi connectivity index (χ4v) is 3.12. The lowest BCUT2D eigenvalue weighted by molar-refractivity contribution is -0.384. The van der Waals surface area contributed by atoms with Gasteiger partial charge in [-0.25, -0.2) is 0 Å². The summed E-state index contributed by atoms with van der Waals surface area (Å²) in [5, 5.41) is 13.5. The van der Waals surface area contributed by atoms with Gasteiger partial charge in [0, 0.05) is 62.0 Å². The van der Waals surface area contributed by atoms with E-state index < -0.39 is 16.9 Å². The number of anilines is 1. The highest BCUT2D eigenvalue weighted by atomic mass is 16.6. The van der Waals surface area contributed by atoms with Crippen LogP contribution >= 0.6 is 0 Å². The average molecular weight is 383 g/mol. The van der Waals surface area contributed by atoms with E-state index in [1.54, 1.807) is 24.2 Å². The minimum Gasteiger partial charge on any atom is -0.368 e. The normalized spacial score (nSPS) is 15.0. The van der Waals surface area contributed by atoms with E-state index in [1.165, 1.54) is 24.3 Å². The first-order valence-corrected chi connectivity index (χ1v) is 8.95. The number of rotatable bonds is 5. The molecule has 0 aliphatic carbocycles. The Hall–Kier alpha value is -3.49. The largest absolute Gasteiger partial charge is 0.368 e. The number of nitro benzene ring substituents is 1. The van der Waals surface area contributed by atoms with Crippen molar-refractivity contribution in [2.75, 3.05) is 31.1 Å². The molecule has 1 atom stereocenters. The van der Waals surface area contributed by atoms with Crippen molar-refractivity contribution in [3.8, 4) is 0 Å². The van der Waals surface area contributed by atoms with Crippen LogP contribution in [0.2, 0.25) is 0 Å². The Kier molecular flexibility index (Phi) is 5.83. The summed E-state index contributed by atoms with van der Waals surface area (Å²) in [5.41, 5.74) is 1.05. The lowest BCUT2D eigenvalue weighted by Crippen LogP contribution is -2.54. The number of nitrogens with one attached hydrogen (secondary N) is 1. The summed E-state index contributed by atoms with van der Waals surface area (Å²) in [7, 11) is 0. The van der Waals surface area contributed by atoms with Crippen LogP contribution in [0, 0.1) is 10.1 Å². The number of aromatic nitrogens is 1. The molecule has 0 radical (unpaired) electrons. The summed E-state index contributed by atoms with van der Waals surface area (Å²) < 4.78 is 0. The van der Waals surface area contributed by atoms with Gasteiger partial charge in [0.15, 0.2) is 0 Å². The van der Waals surface area contributed by atoms with Crippen LogP contribution < -0.4 is 10.2 Å². The Morgan fingerprint density at radius 3 is 2.46 bits per heavy atom. The van der Waals surface area contributed by atoms with Gasteiger partial charge in [0.05, 0.1) is 4.92 Å². The molecule has 9 nitrogen and oxygen atoms in total. The second kappa shape index (κ2) is 8.47. The van der Waals surface area contributed by atoms with Crippen molar-refractivity contribution >= 4 is 23.2 Å². The number of non-ortho nitro benzene ring substituents is 1. The zero-order valence-electron chi connectivity index (χ0n) is 15.4. The monoisotopic (exact) mass is 383 g/mol. The maximum absolute atomic E-state index is 12.7. The summed E-state index contributed by atoms with van der Waals surface area (Å²) in [4.78, 5) is 43.2. The van der Waals surface area contributed by atoms with Gasteiger partial charge in [-0.3, -0.25) is 24.7 Å². The van der Waals surface area contributed by atoms with E-state index in [2.05, 4.69) is 15.2 Å². The fourth-order valence-electron chi connectivity index (χ4n) is 3.12. The van der Waals surface area contributed by atoms with Crippen molar-refractivity contribution in [1.29, 1.82) is 0 Å². The van der Waals surface area contributed by atoms with Gasteiger partial charge in [-0.1, -0.05) is 6.07 Å². The third-order valence-electron chi connectivity index (χ3n) is 4.66. The number of pyridine rings is 1. The molecule has 1 aliphatic rings. The standard InChI is InChI=1S/C19H21N5O4/c1-14(21-18(25)15-3-2-4-17(13-15)24(27)28)19(26)23-11-9-22(10-12-23)16-5-7-20-8-6-16/h2-8,13-14H,9-12H2,1H3,(H,21,25)/t14-/m0/s1. The third-order valence-corrected chi connectivity index (χ3v) is 4.66. The molecule has 0 bridgehead atoms. The lowest BCUT2D eigenvalue weighted by Gasteiger charge is -2.37. The second-order valence-corrected chi connectivity index (χ2v) is 6.52. The van der Waals surface area contributed by atoms with Gasteiger partial charge in [-0.2, -0.15) is 0 Å². The predicted molar refractivity (Wildman–Crippen MR) is 103 cm³/mol. The molecule has 28 heavy (non-hydrogen) atoms. The summed E-state index contributed by atoms with van der Waals surface area (Å²) in [5.74, 6) is -0.687. The summed E-state index contributed by atoms with van der Waals surface area (Å²) in [6.45, 7) is 4.12. The zero-order valence-corrected chi connectivity index (χ0v) is 15.4. The van der Waals surface area contributed by atoms with Crippen molar-refractivity contribution in [2.45, 2.75) is 13.0 Å². The number of benzene rings is 1. The number of hydrogen-bond acceptors (Lipinski definition) is 6. The van der Waals surface area contributed by atoms with Crippen LogP contribution in [0.15, 0.2) is 48.8 Å². The first-order chi connectivity index (χ1) is 13.5. The molecule has 1 fully saturated rings. The van der Waals surface area contributed by atoms with Crippen molar-refractivity contribution < 1.29 is 14.5 Å². The molecule has 1 aliphatic heterocycles. The Balaban J connectivity index is 1.55. The van der Waals surface area contributed by atoms with Gasteiger partial charge < -0.3 is 15.1 Å². The predicted octanol–water partition coefficient (Wildman–Crippen LogP) is 1.46. The molecule has 1 aromatic heterocycles. The Labute approximate surface area is 162 Å². The molecule has 9 heteroatoms. The summed E-state index contributed by atoms with van der Waals surface area (Å²) in [6, 6.07) is 8.57. The van der Waals surface area contributed by atoms with Gasteiger partial charge >= 0.3 is 0 Å². The van der Waals surface area contributed by atoms with Gasteiger partial charge in [-0.05, 0) is 25.1 Å². The minimum absolute atomic E-state index is 0.149. The highest BCUT2D eigenvalue weighted by Gasteiger charge is 2.26. The van der Waals surface area contributed by atoms with Gasteiger partial charge in [0.1, 0.15) is 6.04 Å². The van der Waals surface area contributed by atoms with Crippen molar-refractivity contribution in [3.05, 3.63) is 64.5 Å². The first-order valence-electron chi connectivity index (χ1n) is 8.95. The molecule has 2 heterocycles. The number of piperazine rings is 1. The number of amides is 2. The van der Waals surface area contributed by atoms with Crippen LogP contribution in [0.4, 0.5) is 11.4 Å². The quantitative estimate of drug-likeness (QED) is 0.618. The number of nitrogens with zero attached hydrogens (tertiary/aromatic N) is 4. The third kappa shape index (κ3) is 4.43. The maximum Gasteiger partial charge on any atom is 0.270 e. The Bertz CT molecular complexity index is 866. The molecular formula is C19H21N5O4. The minimum atomic E-state index is -0.723. The molecule has 2 aromatic rings. The smallest absolute Gasteiger partial charge is 0.270 e. The molecule has 0 unspecified atom stereocenters. The van der Waals surface area contributed by atoms with Crippen molar-refractivity contribution in [1.82, 2.24) is 15.2 Å². The van der Waals surface area contributed by atoms with Crippen molar-refractivity contribution in [2.24, 2.45) is 0 Å². The number of nitro groups is 1. The number of carbonyl (C=O) groups is 2. The highest BCUT2D eigenvalue weighted by molar-refractivity contribution is 5.97. The van der Waals surface area contributed by atoms with Gasteiger partial charge in [-0.15, -0.1) is 0 Å². The molecule has 1 aromatic carbocycles. The summed E-state index contributed by atoms with van der Waals surface area (Å²) in [6.07, 6.45) is 3.47. The first kappa shape index (κ1) is 19.3. The van der Waals surface area contributed by atoms with E-state index >= 15 is 0 Å². The average Bonchev–Trinajstić information content (AvgIpc) is 2.74. The molecule has 1 saturated heterocycles. The van der Waals surface area contributed by atoms with Crippen LogP contribution in [0.3, 0.4) is 0 Å². The second-order valence-electron chi connectivity index (χ2n) is 6.52. The maximum atomic E-state index is 12.7. The summed E-state index contributed by atoms with van der Waals surface area (Å²) >= 11 is 0. The van der Waals surface area contributed by atoms with Crippen LogP contribution in [0.25, 0.3) is 0 Å². The van der Waals surface area contributed by atoms with E-state index in [0.29, 0.717) is 26.2 Å². The van der Waals surface area contributed by atoms with Crippen molar-refractivity contribution in [3.63, 3.8) is 0 Å². The van der Waals surface area contributed by atoms with E-state index in [1.807, 2.05) is 12.1 Å². The molecule has 1 N–H and O–H groups in total. The van der Waals surface area contributed by atoms with Crippen LogP contribution in [-0.4, -0.2) is 58.8 Å². The zero-order chi connectivity index (χ0) is 20.1. The topological polar surface area (TPSA) is 109 Å². The van der Waals surface area contributed by atoms with E-state index in [9.17, 15) is 19.7 Å². The van der Waals surface area contributed by atoms with Crippen LogP contribution in [0.5, 0.6) is 0 Å².